The number of fused-ring (bicyclic) bond motifs is 7. The number of benzene rings is 4. The number of hydrogen-bond acceptors (Lipinski definition) is 1. The van der Waals surface area contributed by atoms with Crippen LogP contribution in [0.15, 0.2) is 78.9 Å². The average Bonchev–Trinajstić information content (AvgIpc) is 3.50. The lowest BCUT2D eigenvalue weighted by Crippen LogP contribution is -2.18. The molecule has 0 heterocycles. The Balaban J connectivity index is 1.70. The molecule has 4 aromatic carbocycles. The molecule has 2 aliphatic rings. The molecule has 0 radical (unpaired) electrons. The van der Waals surface area contributed by atoms with Gasteiger partial charge in [-0.15, -0.1) is 0 Å². The SMILES string of the molecule is Cc1ccc2c(c1)-c1ccccc1[C@H]1CC21c1ccc(C#N)c2ccccc12. The summed E-state index contributed by atoms with van der Waals surface area (Å²) in [4.78, 5) is 0. The summed E-state index contributed by atoms with van der Waals surface area (Å²) in [6, 6.07) is 30.8. The van der Waals surface area contributed by atoms with Gasteiger partial charge in [-0.3, -0.25) is 0 Å². The van der Waals surface area contributed by atoms with E-state index in [0.29, 0.717) is 5.92 Å². The molecule has 6 rings (SSSR count). The first-order valence-electron chi connectivity index (χ1n) is 9.87. The number of aryl methyl sites for hydroxylation is 1. The van der Waals surface area contributed by atoms with E-state index in [2.05, 4.69) is 79.7 Å². The minimum absolute atomic E-state index is 0.0188. The number of nitrogens with zero attached hydrogens (tertiary/aromatic N) is 1. The summed E-state index contributed by atoms with van der Waals surface area (Å²) in [6.45, 7) is 2.17. The quantitative estimate of drug-likeness (QED) is 0.383. The van der Waals surface area contributed by atoms with E-state index in [1.165, 1.54) is 38.8 Å². The van der Waals surface area contributed by atoms with Crippen LogP contribution in [0.2, 0.25) is 0 Å². The smallest absolute Gasteiger partial charge is 0.0998 e. The van der Waals surface area contributed by atoms with Crippen molar-refractivity contribution in [1.82, 2.24) is 0 Å². The fourth-order valence-electron chi connectivity index (χ4n) is 5.48. The summed E-state index contributed by atoms with van der Waals surface area (Å²) in [7, 11) is 0. The zero-order valence-corrected chi connectivity index (χ0v) is 15.7. The van der Waals surface area contributed by atoms with E-state index in [1.54, 1.807) is 0 Å². The summed E-state index contributed by atoms with van der Waals surface area (Å²) in [6.07, 6.45) is 1.13. The molecule has 132 valence electrons. The highest BCUT2D eigenvalue weighted by molar-refractivity contribution is 5.94. The van der Waals surface area contributed by atoms with Crippen molar-refractivity contribution >= 4 is 10.8 Å². The van der Waals surface area contributed by atoms with E-state index in [1.807, 2.05) is 12.1 Å². The predicted octanol–water partition coefficient (Wildman–Crippen LogP) is 6.47. The van der Waals surface area contributed by atoms with Crippen LogP contribution >= 0.6 is 0 Å². The molecule has 2 aliphatic carbocycles. The maximum atomic E-state index is 9.58. The first kappa shape index (κ1) is 15.7. The Labute approximate surface area is 164 Å². The second-order valence-corrected chi connectivity index (χ2v) is 8.18. The van der Waals surface area contributed by atoms with Gasteiger partial charge in [0.1, 0.15) is 0 Å². The van der Waals surface area contributed by atoms with Gasteiger partial charge in [0.05, 0.1) is 11.6 Å². The fourth-order valence-corrected chi connectivity index (χ4v) is 5.48. The molecule has 0 aliphatic heterocycles. The van der Waals surface area contributed by atoms with Crippen molar-refractivity contribution in [3.63, 3.8) is 0 Å². The van der Waals surface area contributed by atoms with Gasteiger partial charge >= 0.3 is 0 Å². The molecule has 0 amide bonds. The molecule has 1 fully saturated rings. The molecule has 2 atom stereocenters. The number of rotatable bonds is 1. The van der Waals surface area contributed by atoms with Crippen LogP contribution in [0.25, 0.3) is 21.9 Å². The summed E-state index contributed by atoms with van der Waals surface area (Å²) in [5, 5.41) is 11.9. The van der Waals surface area contributed by atoms with E-state index in [4.69, 9.17) is 0 Å². The molecule has 4 aromatic rings. The molecular formula is C27H19N. The lowest BCUT2D eigenvalue weighted by Gasteiger charge is -2.30. The van der Waals surface area contributed by atoms with Crippen LogP contribution in [0.1, 0.15) is 40.2 Å². The van der Waals surface area contributed by atoms with Gasteiger partial charge in [-0.1, -0.05) is 78.4 Å². The number of hydrogen-bond donors (Lipinski definition) is 0. The normalized spacial score (nSPS) is 21.4. The van der Waals surface area contributed by atoms with Gasteiger partial charge in [0.15, 0.2) is 0 Å². The first-order chi connectivity index (χ1) is 13.7. The molecule has 0 aromatic heterocycles. The highest BCUT2D eigenvalue weighted by Gasteiger charge is 2.61. The van der Waals surface area contributed by atoms with E-state index in [0.717, 1.165) is 17.4 Å². The minimum Gasteiger partial charge on any atom is -0.192 e. The lowest BCUT2D eigenvalue weighted by atomic mass is 9.73. The molecular weight excluding hydrogens is 338 g/mol. The maximum absolute atomic E-state index is 9.58. The Morgan fingerprint density at radius 3 is 2.43 bits per heavy atom. The predicted molar refractivity (Wildman–Crippen MR) is 113 cm³/mol. The Morgan fingerprint density at radius 1 is 0.821 bits per heavy atom. The van der Waals surface area contributed by atoms with Crippen molar-refractivity contribution in [2.24, 2.45) is 0 Å². The van der Waals surface area contributed by atoms with Gasteiger partial charge in [0.2, 0.25) is 0 Å². The van der Waals surface area contributed by atoms with Crippen molar-refractivity contribution in [3.8, 4) is 17.2 Å². The van der Waals surface area contributed by atoms with Crippen LogP contribution in [-0.4, -0.2) is 0 Å². The average molecular weight is 357 g/mol. The number of nitriles is 1. The Kier molecular flexibility index (Phi) is 2.98. The molecule has 1 saturated carbocycles. The third kappa shape index (κ3) is 1.85. The molecule has 0 bridgehead atoms. The highest BCUT2D eigenvalue weighted by Crippen LogP contribution is 2.70. The van der Waals surface area contributed by atoms with Gasteiger partial charge in [0, 0.05) is 5.41 Å². The third-order valence-corrected chi connectivity index (χ3v) is 6.77. The van der Waals surface area contributed by atoms with Gasteiger partial charge in [-0.05, 0) is 63.9 Å². The molecule has 1 heteroatoms. The fraction of sp³-hybridized carbons (Fsp3) is 0.148. The topological polar surface area (TPSA) is 23.8 Å². The van der Waals surface area contributed by atoms with E-state index >= 15 is 0 Å². The summed E-state index contributed by atoms with van der Waals surface area (Å²) in [5.41, 5.74) is 9.11. The van der Waals surface area contributed by atoms with Crippen molar-refractivity contribution in [2.75, 3.05) is 0 Å². The monoisotopic (exact) mass is 357 g/mol. The van der Waals surface area contributed by atoms with Crippen LogP contribution in [0.4, 0.5) is 0 Å². The zero-order valence-electron chi connectivity index (χ0n) is 15.7. The Morgan fingerprint density at radius 2 is 1.57 bits per heavy atom. The van der Waals surface area contributed by atoms with E-state index < -0.39 is 0 Å². The van der Waals surface area contributed by atoms with Gasteiger partial charge in [0.25, 0.3) is 0 Å². The molecule has 1 unspecified atom stereocenters. The van der Waals surface area contributed by atoms with Crippen LogP contribution in [0.3, 0.4) is 0 Å². The summed E-state index contributed by atoms with van der Waals surface area (Å²) >= 11 is 0. The van der Waals surface area contributed by atoms with Crippen LogP contribution in [-0.2, 0) is 5.41 Å². The van der Waals surface area contributed by atoms with Gasteiger partial charge in [-0.2, -0.15) is 5.26 Å². The summed E-state index contributed by atoms with van der Waals surface area (Å²) < 4.78 is 0. The second-order valence-electron chi connectivity index (χ2n) is 8.18. The zero-order chi connectivity index (χ0) is 18.9. The molecule has 1 nitrogen and oxygen atoms in total. The van der Waals surface area contributed by atoms with Crippen LogP contribution < -0.4 is 0 Å². The Hall–Kier alpha value is -3.37. The first-order valence-corrected chi connectivity index (χ1v) is 9.87. The maximum Gasteiger partial charge on any atom is 0.0998 e. The third-order valence-electron chi connectivity index (χ3n) is 6.77. The molecule has 0 N–H and O–H groups in total. The second kappa shape index (κ2) is 5.33. The summed E-state index contributed by atoms with van der Waals surface area (Å²) in [5.74, 6) is 0.509. The van der Waals surface area contributed by atoms with Crippen molar-refractivity contribution < 1.29 is 0 Å². The largest absolute Gasteiger partial charge is 0.192 e. The standard InChI is InChI=1S/C27H19N/c1-17-10-12-25-23(14-17)20-7-3-5-9-22(20)26-15-27(25,26)24-13-11-18(16-28)19-6-2-4-8-21(19)24/h2-14,26H,15H2,1H3/t26-,27?/m1/s1. The highest BCUT2D eigenvalue weighted by atomic mass is 14.6. The van der Waals surface area contributed by atoms with Crippen LogP contribution in [0, 0.1) is 18.3 Å². The van der Waals surface area contributed by atoms with E-state index in [9.17, 15) is 5.26 Å². The van der Waals surface area contributed by atoms with Gasteiger partial charge < -0.3 is 0 Å². The van der Waals surface area contributed by atoms with Crippen molar-refractivity contribution in [1.29, 1.82) is 5.26 Å². The van der Waals surface area contributed by atoms with E-state index in [-0.39, 0.29) is 5.41 Å². The van der Waals surface area contributed by atoms with Crippen molar-refractivity contribution in [3.05, 3.63) is 107 Å². The molecule has 0 spiro atoms. The molecule has 28 heavy (non-hydrogen) atoms. The van der Waals surface area contributed by atoms with Crippen molar-refractivity contribution in [2.45, 2.75) is 24.7 Å². The minimum atomic E-state index is 0.0188. The lowest BCUT2D eigenvalue weighted by molar-refractivity contribution is 0.801. The molecule has 0 saturated heterocycles. The Bertz CT molecular complexity index is 1320. The van der Waals surface area contributed by atoms with Crippen LogP contribution in [0.5, 0.6) is 0 Å². The van der Waals surface area contributed by atoms with Gasteiger partial charge in [-0.25, -0.2) is 0 Å².